The number of alkyl halides is 3. The third-order valence-electron chi connectivity index (χ3n) is 3.80. The van der Waals surface area contributed by atoms with E-state index in [4.69, 9.17) is 0 Å². The summed E-state index contributed by atoms with van der Waals surface area (Å²) in [4.78, 5) is 23.4. The van der Waals surface area contributed by atoms with Crippen LogP contribution in [0.15, 0.2) is 18.2 Å². The molecule has 1 saturated heterocycles. The van der Waals surface area contributed by atoms with Crippen LogP contribution < -0.4 is 16.0 Å². The average Bonchev–Trinajstić information content (AvgIpc) is 2.45. The third-order valence-corrected chi connectivity index (χ3v) is 3.80. The van der Waals surface area contributed by atoms with E-state index < -0.39 is 23.6 Å². The maximum atomic E-state index is 13.0. The molecular formula is C16H21ClF3N3O2. The van der Waals surface area contributed by atoms with Crippen LogP contribution in [0, 0.1) is 0 Å². The molecule has 2 rings (SSSR count). The third kappa shape index (κ3) is 6.21. The average molecular weight is 380 g/mol. The predicted molar refractivity (Wildman–Crippen MR) is 90.9 cm³/mol. The Morgan fingerprint density at radius 1 is 1.24 bits per heavy atom. The lowest BCUT2D eigenvalue weighted by Crippen LogP contribution is -2.46. The number of piperidine rings is 1. The van der Waals surface area contributed by atoms with Crippen molar-refractivity contribution in [3.8, 4) is 0 Å². The normalized spacial score (nSPS) is 20.4. The zero-order valence-corrected chi connectivity index (χ0v) is 14.7. The van der Waals surface area contributed by atoms with E-state index in [9.17, 15) is 22.8 Å². The van der Waals surface area contributed by atoms with E-state index in [0.717, 1.165) is 18.7 Å². The molecule has 0 radical (unpaired) electrons. The van der Waals surface area contributed by atoms with Crippen LogP contribution in [-0.4, -0.2) is 30.4 Å². The maximum Gasteiger partial charge on any atom is 0.416 e. The van der Waals surface area contributed by atoms with Gasteiger partial charge in [-0.2, -0.15) is 13.2 Å². The Hall–Kier alpha value is -1.80. The van der Waals surface area contributed by atoms with Gasteiger partial charge in [-0.25, -0.2) is 0 Å². The monoisotopic (exact) mass is 379 g/mol. The van der Waals surface area contributed by atoms with Crippen molar-refractivity contribution in [1.29, 1.82) is 0 Å². The second-order valence-corrected chi connectivity index (χ2v) is 6.03. The van der Waals surface area contributed by atoms with Crippen LogP contribution in [0.1, 0.15) is 42.6 Å². The molecule has 0 spiro atoms. The Bertz CT molecular complexity index is 638. The highest BCUT2D eigenvalue weighted by atomic mass is 35.5. The van der Waals surface area contributed by atoms with Gasteiger partial charge in [0.1, 0.15) is 0 Å². The molecule has 0 bridgehead atoms. The molecule has 1 heterocycles. The van der Waals surface area contributed by atoms with E-state index in [1.165, 1.54) is 13.0 Å². The van der Waals surface area contributed by atoms with Crippen molar-refractivity contribution in [2.24, 2.45) is 0 Å². The zero-order valence-electron chi connectivity index (χ0n) is 13.9. The number of anilines is 1. The first-order chi connectivity index (χ1) is 11.1. The van der Waals surface area contributed by atoms with Crippen LogP contribution in [0.4, 0.5) is 18.9 Å². The van der Waals surface area contributed by atoms with E-state index in [1.54, 1.807) is 0 Å². The molecule has 2 amide bonds. The SMILES string of the molecule is CC(=O)Nc1cc(C(=O)NC2CCNC(C)C2)cc(C(F)(F)F)c1.Cl. The van der Waals surface area contributed by atoms with Gasteiger partial charge >= 0.3 is 6.18 Å². The largest absolute Gasteiger partial charge is 0.416 e. The van der Waals surface area contributed by atoms with Crippen LogP contribution in [0.5, 0.6) is 0 Å². The fourth-order valence-corrected chi connectivity index (χ4v) is 2.73. The number of nitrogens with one attached hydrogen (secondary N) is 3. The first kappa shape index (κ1) is 21.2. The highest BCUT2D eigenvalue weighted by molar-refractivity contribution is 5.97. The lowest BCUT2D eigenvalue weighted by atomic mass is 10.00. The van der Waals surface area contributed by atoms with Gasteiger partial charge in [0.05, 0.1) is 5.56 Å². The first-order valence-electron chi connectivity index (χ1n) is 7.69. The van der Waals surface area contributed by atoms with Crippen molar-refractivity contribution in [1.82, 2.24) is 10.6 Å². The number of hydrogen-bond donors (Lipinski definition) is 3. The van der Waals surface area contributed by atoms with Gasteiger partial charge in [0, 0.05) is 30.3 Å². The number of benzene rings is 1. The minimum absolute atomic E-state index is 0. The lowest BCUT2D eigenvalue weighted by Gasteiger charge is -2.28. The van der Waals surface area contributed by atoms with Gasteiger partial charge in [-0.1, -0.05) is 0 Å². The summed E-state index contributed by atoms with van der Waals surface area (Å²) < 4.78 is 39.0. The van der Waals surface area contributed by atoms with Crippen molar-refractivity contribution in [2.75, 3.05) is 11.9 Å². The van der Waals surface area contributed by atoms with E-state index in [2.05, 4.69) is 16.0 Å². The Kier molecular flexibility index (Phi) is 7.25. The fraction of sp³-hybridized carbons (Fsp3) is 0.500. The van der Waals surface area contributed by atoms with E-state index in [1.807, 2.05) is 6.92 Å². The fourth-order valence-electron chi connectivity index (χ4n) is 2.73. The van der Waals surface area contributed by atoms with Gasteiger partial charge in [-0.15, -0.1) is 12.4 Å². The topological polar surface area (TPSA) is 70.2 Å². The summed E-state index contributed by atoms with van der Waals surface area (Å²) in [5.41, 5.74) is -1.15. The number of rotatable bonds is 3. The van der Waals surface area contributed by atoms with E-state index >= 15 is 0 Å². The standard InChI is InChI=1S/C16H20F3N3O2.ClH/c1-9-5-13(3-4-20-9)22-15(24)11-6-12(16(17,18)19)8-14(7-11)21-10(2)23;/h6-9,13,20H,3-5H2,1-2H3,(H,21,23)(H,22,24);1H. The van der Waals surface area contributed by atoms with Gasteiger partial charge < -0.3 is 16.0 Å². The van der Waals surface area contributed by atoms with Gasteiger partial charge in [-0.05, 0) is 44.5 Å². The second kappa shape index (κ2) is 8.53. The Morgan fingerprint density at radius 3 is 2.48 bits per heavy atom. The summed E-state index contributed by atoms with van der Waals surface area (Å²) in [5, 5.41) is 8.30. The molecule has 1 aliphatic heterocycles. The Morgan fingerprint density at radius 2 is 1.92 bits per heavy atom. The summed E-state index contributed by atoms with van der Waals surface area (Å²) in [6, 6.07) is 3.00. The minimum atomic E-state index is -4.60. The maximum absolute atomic E-state index is 13.0. The molecule has 2 atom stereocenters. The molecule has 1 aromatic carbocycles. The Labute approximate surface area is 150 Å². The van der Waals surface area contributed by atoms with Gasteiger partial charge in [0.2, 0.25) is 5.91 Å². The summed E-state index contributed by atoms with van der Waals surface area (Å²) in [7, 11) is 0. The minimum Gasteiger partial charge on any atom is -0.349 e. The summed E-state index contributed by atoms with van der Waals surface area (Å²) in [6.07, 6.45) is -3.18. The summed E-state index contributed by atoms with van der Waals surface area (Å²) >= 11 is 0. The molecule has 140 valence electrons. The molecule has 5 nitrogen and oxygen atoms in total. The molecule has 1 fully saturated rings. The highest BCUT2D eigenvalue weighted by Gasteiger charge is 2.32. The molecule has 1 aliphatic rings. The lowest BCUT2D eigenvalue weighted by molar-refractivity contribution is -0.137. The molecule has 9 heteroatoms. The van der Waals surface area contributed by atoms with Gasteiger partial charge in [-0.3, -0.25) is 9.59 Å². The zero-order chi connectivity index (χ0) is 17.9. The van der Waals surface area contributed by atoms with Gasteiger partial charge in [0.15, 0.2) is 0 Å². The van der Waals surface area contributed by atoms with E-state index in [0.29, 0.717) is 12.8 Å². The molecule has 1 aromatic rings. The molecule has 3 N–H and O–H groups in total. The van der Waals surface area contributed by atoms with Crippen LogP contribution >= 0.6 is 12.4 Å². The van der Waals surface area contributed by atoms with Crippen molar-refractivity contribution in [2.45, 2.75) is 44.9 Å². The predicted octanol–water partition coefficient (Wildman–Crippen LogP) is 2.96. The van der Waals surface area contributed by atoms with Crippen LogP contribution in [0.2, 0.25) is 0 Å². The number of hydrogen-bond acceptors (Lipinski definition) is 3. The molecule has 0 saturated carbocycles. The number of amides is 2. The van der Waals surface area contributed by atoms with Crippen LogP contribution in [-0.2, 0) is 11.0 Å². The Balaban J connectivity index is 0.00000312. The van der Waals surface area contributed by atoms with Crippen molar-refractivity contribution in [3.63, 3.8) is 0 Å². The molecule has 0 aromatic heterocycles. The smallest absolute Gasteiger partial charge is 0.349 e. The first-order valence-corrected chi connectivity index (χ1v) is 7.69. The van der Waals surface area contributed by atoms with Crippen molar-refractivity contribution >= 4 is 29.9 Å². The van der Waals surface area contributed by atoms with E-state index in [-0.39, 0.29) is 35.7 Å². The van der Waals surface area contributed by atoms with Crippen molar-refractivity contribution in [3.05, 3.63) is 29.3 Å². The summed E-state index contributed by atoms with van der Waals surface area (Å²) in [5.74, 6) is -1.08. The number of carbonyl (C=O) groups is 2. The highest BCUT2D eigenvalue weighted by Crippen LogP contribution is 2.32. The van der Waals surface area contributed by atoms with Crippen LogP contribution in [0.25, 0.3) is 0 Å². The quantitative estimate of drug-likeness (QED) is 0.756. The summed E-state index contributed by atoms with van der Waals surface area (Å²) in [6.45, 7) is 3.92. The molecular weight excluding hydrogens is 359 g/mol. The molecule has 0 aliphatic carbocycles. The molecule has 2 unspecified atom stereocenters. The van der Waals surface area contributed by atoms with Crippen LogP contribution in [0.3, 0.4) is 0 Å². The second-order valence-electron chi connectivity index (χ2n) is 6.03. The number of halogens is 4. The van der Waals surface area contributed by atoms with Crippen molar-refractivity contribution < 1.29 is 22.8 Å². The number of carbonyl (C=O) groups excluding carboxylic acids is 2. The van der Waals surface area contributed by atoms with Gasteiger partial charge in [0.25, 0.3) is 5.91 Å². The molecule has 25 heavy (non-hydrogen) atoms.